The van der Waals surface area contributed by atoms with Crippen LogP contribution in [0.5, 0.6) is 5.75 Å². The minimum atomic E-state index is -0.843. The van der Waals surface area contributed by atoms with Crippen LogP contribution in [0.1, 0.15) is 32.4 Å². The Bertz CT molecular complexity index is 460. The number of benzene rings is 1. The summed E-state index contributed by atoms with van der Waals surface area (Å²) in [6.45, 7) is 5.29. The molecule has 0 amide bonds. The summed E-state index contributed by atoms with van der Waals surface area (Å²) in [5, 5.41) is 3.11. The highest BCUT2D eigenvalue weighted by atomic mass is 19.1. The zero-order chi connectivity index (χ0) is 14.6. The van der Waals surface area contributed by atoms with Crippen LogP contribution >= 0.6 is 0 Å². The van der Waals surface area contributed by atoms with Crippen molar-refractivity contribution in [3.05, 3.63) is 29.6 Å². The van der Waals surface area contributed by atoms with E-state index in [1.165, 1.54) is 20.3 Å². The third kappa shape index (κ3) is 3.67. The van der Waals surface area contributed by atoms with Gasteiger partial charge in [0, 0.05) is 6.04 Å². The van der Waals surface area contributed by atoms with Gasteiger partial charge in [-0.25, -0.2) is 4.39 Å². The Morgan fingerprint density at radius 1 is 1.37 bits per heavy atom. The van der Waals surface area contributed by atoms with E-state index < -0.39 is 11.4 Å². The molecule has 1 atom stereocenters. The van der Waals surface area contributed by atoms with E-state index in [9.17, 15) is 9.18 Å². The summed E-state index contributed by atoms with van der Waals surface area (Å²) in [6, 6.07) is 4.51. The maximum atomic E-state index is 13.6. The molecule has 0 radical (unpaired) electrons. The van der Waals surface area contributed by atoms with Gasteiger partial charge in [-0.15, -0.1) is 0 Å². The average Bonchev–Trinajstić information content (AvgIpc) is 2.36. The molecular weight excluding hydrogens is 249 g/mol. The van der Waals surface area contributed by atoms with Gasteiger partial charge in [-0.05, 0) is 38.5 Å². The Balaban J connectivity index is 2.86. The molecule has 0 fully saturated rings. The molecule has 0 saturated carbocycles. The predicted octanol–water partition coefficient (Wildman–Crippen LogP) is 2.44. The Morgan fingerprint density at radius 2 is 2.00 bits per heavy atom. The van der Waals surface area contributed by atoms with Crippen molar-refractivity contribution in [2.45, 2.75) is 32.4 Å². The first kappa shape index (κ1) is 15.4. The SMILES string of the molecule is COC(=O)C(C)(C)NC(C)c1ccc(OC)c(F)c1. The van der Waals surface area contributed by atoms with Crippen molar-refractivity contribution in [2.75, 3.05) is 14.2 Å². The summed E-state index contributed by atoms with van der Waals surface area (Å²) >= 11 is 0. The fraction of sp³-hybridized carbons (Fsp3) is 0.500. The van der Waals surface area contributed by atoms with Gasteiger partial charge in [-0.3, -0.25) is 10.1 Å². The van der Waals surface area contributed by atoms with Gasteiger partial charge in [0.05, 0.1) is 14.2 Å². The highest BCUT2D eigenvalue weighted by Gasteiger charge is 2.30. The second-order valence-corrected chi connectivity index (χ2v) is 4.88. The third-order valence-electron chi connectivity index (χ3n) is 2.95. The molecule has 0 bridgehead atoms. The molecule has 1 aromatic rings. The number of halogens is 1. The lowest BCUT2D eigenvalue weighted by Gasteiger charge is -2.27. The van der Waals surface area contributed by atoms with Crippen LogP contribution in [0.2, 0.25) is 0 Å². The molecule has 0 heterocycles. The molecule has 0 aromatic heterocycles. The Morgan fingerprint density at radius 3 is 2.47 bits per heavy atom. The largest absolute Gasteiger partial charge is 0.494 e. The van der Waals surface area contributed by atoms with Crippen molar-refractivity contribution in [2.24, 2.45) is 0 Å². The molecule has 1 aromatic carbocycles. The van der Waals surface area contributed by atoms with Crippen LogP contribution in [0, 0.1) is 5.82 Å². The minimum absolute atomic E-state index is 0.197. The van der Waals surface area contributed by atoms with E-state index in [0.29, 0.717) is 0 Å². The second-order valence-electron chi connectivity index (χ2n) is 4.88. The number of nitrogens with one attached hydrogen (secondary N) is 1. The van der Waals surface area contributed by atoms with E-state index in [1.807, 2.05) is 6.92 Å². The number of ether oxygens (including phenoxy) is 2. The number of hydrogen-bond acceptors (Lipinski definition) is 4. The molecule has 0 aliphatic carbocycles. The first-order valence-electron chi connectivity index (χ1n) is 6.01. The zero-order valence-electron chi connectivity index (χ0n) is 11.9. The Kier molecular flexibility index (Phi) is 4.89. The van der Waals surface area contributed by atoms with Crippen LogP contribution in [0.15, 0.2) is 18.2 Å². The fourth-order valence-corrected chi connectivity index (χ4v) is 1.89. The summed E-state index contributed by atoms with van der Waals surface area (Å²) in [5.74, 6) is -0.596. The highest BCUT2D eigenvalue weighted by molar-refractivity contribution is 5.79. The molecule has 0 saturated heterocycles. The third-order valence-corrected chi connectivity index (χ3v) is 2.95. The van der Waals surface area contributed by atoms with Gasteiger partial charge in [0.1, 0.15) is 5.54 Å². The number of hydrogen-bond donors (Lipinski definition) is 1. The molecule has 0 aliphatic rings. The Hall–Kier alpha value is -1.62. The summed E-state index contributed by atoms with van der Waals surface area (Å²) in [5.41, 5.74) is -0.111. The summed E-state index contributed by atoms with van der Waals surface area (Å²) < 4.78 is 23.2. The standard InChI is InChI=1S/C14H20FNO3/c1-9(16-14(2,3)13(17)19-5)10-6-7-12(18-4)11(15)8-10/h6-9,16H,1-5H3. The van der Waals surface area contributed by atoms with E-state index in [1.54, 1.807) is 26.0 Å². The van der Waals surface area contributed by atoms with Gasteiger partial charge < -0.3 is 9.47 Å². The number of methoxy groups -OCH3 is 2. The molecular formula is C14H20FNO3. The summed E-state index contributed by atoms with van der Waals surface area (Å²) in [6.07, 6.45) is 0. The van der Waals surface area contributed by atoms with Crippen molar-refractivity contribution in [1.29, 1.82) is 0 Å². The molecule has 0 spiro atoms. The molecule has 4 nitrogen and oxygen atoms in total. The second kappa shape index (κ2) is 6.02. The molecule has 5 heteroatoms. The van der Waals surface area contributed by atoms with Gasteiger partial charge in [-0.1, -0.05) is 6.07 Å². The van der Waals surface area contributed by atoms with Gasteiger partial charge in [0.2, 0.25) is 0 Å². The van der Waals surface area contributed by atoms with E-state index in [2.05, 4.69) is 5.32 Å². The number of carbonyl (C=O) groups is 1. The normalized spacial score (nSPS) is 12.9. The van der Waals surface area contributed by atoms with Crippen LogP contribution in [0.4, 0.5) is 4.39 Å². The first-order valence-corrected chi connectivity index (χ1v) is 6.01. The lowest BCUT2D eigenvalue weighted by Crippen LogP contribution is -2.48. The smallest absolute Gasteiger partial charge is 0.325 e. The average molecular weight is 269 g/mol. The molecule has 1 N–H and O–H groups in total. The zero-order valence-corrected chi connectivity index (χ0v) is 11.9. The summed E-state index contributed by atoms with van der Waals surface area (Å²) in [4.78, 5) is 11.6. The van der Waals surface area contributed by atoms with Crippen molar-refractivity contribution in [3.8, 4) is 5.75 Å². The van der Waals surface area contributed by atoms with Crippen LogP contribution < -0.4 is 10.1 Å². The van der Waals surface area contributed by atoms with Gasteiger partial charge in [0.15, 0.2) is 11.6 Å². The lowest BCUT2D eigenvalue weighted by molar-refractivity contribution is -0.147. The quantitative estimate of drug-likeness (QED) is 0.834. The minimum Gasteiger partial charge on any atom is -0.494 e. The number of rotatable bonds is 5. The molecule has 1 rings (SSSR count). The van der Waals surface area contributed by atoms with Gasteiger partial charge >= 0.3 is 5.97 Å². The maximum absolute atomic E-state index is 13.6. The maximum Gasteiger partial charge on any atom is 0.325 e. The van der Waals surface area contributed by atoms with E-state index in [4.69, 9.17) is 9.47 Å². The monoisotopic (exact) mass is 269 g/mol. The number of carbonyl (C=O) groups excluding carboxylic acids is 1. The van der Waals surface area contributed by atoms with E-state index in [-0.39, 0.29) is 17.8 Å². The van der Waals surface area contributed by atoms with Gasteiger partial charge in [0.25, 0.3) is 0 Å². The Labute approximate surface area is 112 Å². The molecule has 1 unspecified atom stereocenters. The fourth-order valence-electron chi connectivity index (χ4n) is 1.89. The van der Waals surface area contributed by atoms with Crippen molar-refractivity contribution in [1.82, 2.24) is 5.32 Å². The van der Waals surface area contributed by atoms with Crippen molar-refractivity contribution >= 4 is 5.97 Å². The topological polar surface area (TPSA) is 47.6 Å². The lowest BCUT2D eigenvalue weighted by atomic mass is 10.0. The van der Waals surface area contributed by atoms with Crippen LogP contribution in [0.3, 0.4) is 0 Å². The van der Waals surface area contributed by atoms with Crippen LogP contribution in [0.25, 0.3) is 0 Å². The van der Waals surface area contributed by atoms with Crippen LogP contribution in [-0.2, 0) is 9.53 Å². The van der Waals surface area contributed by atoms with E-state index in [0.717, 1.165) is 5.56 Å². The van der Waals surface area contributed by atoms with Crippen molar-refractivity contribution < 1.29 is 18.7 Å². The van der Waals surface area contributed by atoms with Gasteiger partial charge in [-0.2, -0.15) is 0 Å². The molecule has 106 valence electrons. The number of esters is 1. The van der Waals surface area contributed by atoms with Crippen LogP contribution in [-0.4, -0.2) is 25.7 Å². The van der Waals surface area contributed by atoms with E-state index >= 15 is 0 Å². The molecule has 0 aliphatic heterocycles. The van der Waals surface area contributed by atoms with Crippen molar-refractivity contribution in [3.63, 3.8) is 0 Å². The highest BCUT2D eigenvalue weighted by Crippen LogP contribution is 2.23. The first-order chi connectivity index (χ1) is 8.81. The molecule has 19 heavy (non-hydrogen) atoms. The predicted molar refractivity (Wildman–Crippen MR) is 70.6 cm³/mol. The summed E-state index contributed by atoms with van der Waals surface area (Å²) in [7, 11) is 2.75.